The maximum atomic E-state index is 12.1. The Morgan fingerprint density at radius 3 is 2.42 bits per heavy atom. The molecule has 0 aromatic carbocycles. The van der Waals surface area contributed by atoms with E-state index in [1.165, 1.54) is 6.42 Å². The van der Waals surface area contributed by atoms with Crippen LogP contribution in [0.4, 0.5) is 4.79 Å². The molecule has 0 radical (unpaired) electrons. The van der Waals surface area contributed by atoms with Crippen LogP contribution >= 0.6 is 0 Å². The van der Waals surface area contributed by atoms with E-state index in [4.69, 9.17) is 10.9 Å². The molecule has 2 fully saturated rings. The Hall–Kier alpha value is -1.46. The summed E-state index contributed by atoms with van der Waals surface area (Å²) in [5.41, 5.74) is 5.76. The van der Waals surface area contributed by atoms with Gasteiger partial charge in [-0.1, -0.05) is 24.4 Å². The van der Waals surface area contributed by atoms with Crippen LogP contribution in [-0.4, -0.2) is 41.1 Å². The van der Waals surface area contributed by atoms with Crippen molar-refractivity contribution in [3.63, 3.8) is 0 Å². The Morgan fingerprint density at radius 1 is 1.21 bits per heavy atom. The molecule has 1 saturated heterocycles. The molecule has 0 spiro atoms. The van der Waals surface area contributed by atoms with E-state index in [-0.39, 0.29) is 23.8 Å². The molecule has 1 unspecified atom stereocenters. The molecular weight excluding hydrogens is 244 g/mol. The van der Waals surface area contributed by atoms with Crippen LogP contribution in [0.15, 0.2) is 5.16 Å². The summed E-state index contributed by atoms with van der Waals surface area (Å²) >= 11 is 0. The maximum Gasteiger partial charge on any atom is 0.317 e. The van der Waals surface area contributed by atoms with Gasteiger partial charge in [0.15, 0.2) is 5.84 Å². The monoisotopic (exact) mass is 268 g/mol. The molecule has 6 heteroatoms. The van der Waals surface area contributed by atoms with E-state index < -0.39 is 0 Å². The first-order valence-electron chi connectivity index (χ1n) is 7.25. The van der Waals surface area contributed by atoms with E-state index in [1.54, 1.807) is 4.90 Å². The number of oxime groups is 1. The minimum absolute atomic E-state index is 0.0836. The lowest BCUT2D eigenvalue weighted by atomic mass is 9.83. The number of nitrogens with zero attached hydrogens (tertiary/aromatic N) is 2. The fraction of sp³-hybridized carbons (Fsp3) is 0.846. The number of urea groups is 1. The van der Waals surface area contributed by atoms with Gasteiger partial charge in [-0.15, -0.1) is 0 Å². The lowest BCUT2D eigenvalue weighted by Gasteiger charge is -2.31. The largest absolute Gasteiger partial charge is 0.409 e. The lowest BCUT2D eigenvalue weighted by molar-refractivity contribution is 0.199. The highest BCUT2D eigenvalue weighted by atomic mass is 16.4. The van der Waals surface area contributed by atoms with E-state index in [0.717, 1.165) is 51.6 Å². The van der Waals surface area contributed by atoms with Crippen LogP contribution in [0, 0.1) is 5.92 Å². The molecule has 1 saturated carbocycles. The highest BCUT2D eigenvalue weighted by molar-refractivity contribution is 5.89. The van der Waals surface area contributed by atoms with Crippen molar-refractivity contribution in [2.24, 2.45) is 16.8 Å². The van der Waals surface area contributed by atoms with Gasteiger partial charge in [0.25, 0.3) is 0 Å². The van der Waals surface area contributed by atoms with E-state index in [1.807, 2.05) is 0 Å². The molecule has 2 aliphatic rings. The van der Waals surface area contributed by atoms with Crippen molar-refractivity contribution in [2.45, 2.75) is 51.0 Å². The van der Waals surface area contributed by atoms with Crippen molar-refractivity contribution in [2.75, 3.05) is 13.1 Å². The fourth-order valence-electron chi connectivity index (χ4n) is 3.11. The second kappa shape index (κ2) is 6.63. The number of nitrogens with two attached hydrogens (primary N) is 1. The first-order chi connectivity index (χ1) is 9.22. The van der Waals surface area contributed by atoms with Crippen LogP contribution in [0.25, 0.3) is 0 Å². The predicted octanol–water partition coefficient (Wildman–Crippen LogP) is 1.49. The summed E-state index contributed by atoms with van der Waals surface area (Å²) in [6, 6.07) is -0.418. The molecule has 6 nitrogen and oxygen atoms in total. The number of carbonyl (C=O) groups is 1. The van der Waals surface area contributed by atoms with E-state index in [0.29, 0.717) is 0 Å². The van der Waals surface area contributed by atoms with Gasteiger partial charge < -0.3 is 21.2 Å². The highest BCUT2D eigenvalue weighted by Gasteiger charge is 2.30. The number of nitrogens with one attached hydrogen (secondary N) is 1. The summed E-state index contributed by atoms with van der Waals surface area (Å²) in [7, 11) is 0. The summed E-state index contributed by atoms with van der Waals surface area (Å²) in [4.78, 5) is 13.9. The van der Waals surface area contributed by atoms with Crippen molar-refractivity contribution in [3.8, 4) is 0 Å². The molecule has 0 aromatic heterocycles. The third-order valence-electron chi connectivity index (χ3n) is 4.23. The minimum atomic E-state index is -0.335. The second-order valence-electron chi connectivity index (χ2n) is 5.54. The Labute approximate surface area is 114 Å². The van der Waals surface area contributed by atoms with Crippen LogP contribution in [-0.2, 0) is 0 Å². The number of carbonyl (C=O) groups excluding carboxylic acids is 1. The van der Waals surface area contributed by atoms with Gasteiger partial charge in [-0.25, -0.2) is 4.79 Å². The molecule has 19 heavy (non-hydrogen) atoms. The van der Waals surface area contributed by atoms with Crippen molar-refractivity contribution in [3.05, 3.63) is 0 Å². The van der Waals surface area contributed by atoms with E-state index in [9.17, 15) is 4.79 Å². The molecular formula is C13H24N4O2. The summed E-state index contributed by atoms with van der Waals surface area (Å²) in [6.45, 7) is 1.61. The first-order valence-corrected chi connectivity index (χ1v) is 7.25. The van der Waals surface area contributed by atoms with Crippen LogP contribution in [0.1, 0.15) is 44.9 Å². The smallest absolute Gasteiger partial charge is 0.317 e. The van der Waals surface area contributed by atoms with Gasteiger partial charge in [-0.05, 0) is 31.6 Å². The zero-order chi connectivity index (χ0) is 13.7. The van der Waals surface area contributed by atoms with Crippen LogP contribution in [0.3, 0.4) is 0 Å². The van der Waals surface area contributed by atoms with Gasteiger partial charge >= 0.3 is 6.03 Å². The summed E-state index contributed by atoms with van der Waals surface area (Å²) in [5, 5.41) is 15.0. The molecule has 2 amide bonds. The molecule has 1 heterocycles. The third kappa shape index (κ3) is 3.52. The van der Waals surface area contributed by atoms with E-state index >= 15 is 0 Å². The Balaban J connectivity index is 1.98. The topological polar surface area (TPSA) is 91.0 Å². The molecule has 1 aliphatic carbocycles. The average Bonchev–Trinajstić information content (AvgIpc) is 2.99. The highest BCUT2D eigenvalue weighted by Crippen LogP contribution is 2.26. The number of rotatable bonds is 3. The molecule has 1 aliphatic heterocycles. The summed E-state index contributed by atoms with van der Waals surface area (Å²) in [6.07, 6.45) is 7.72. The second-order valence-corrected chi connectivity index (χ2v) is 5.54. The van der Waals surface area contributed by atoms with Gasteiger partial charge in [0.2, 0.25) is 0 Å². The molecule has 0 bridgehead atoms. The molecule has 108 valence electrons. The Bertz CT molecular complexity index is 334. The first kappa shape index (κ1) is 14.0. The molecule has 2 rings (SSSR count). The average molecular weight is 268 g/mol. The number of hydrogen-bond acceptors (Lipinski definition) is 3. The van der Waals surface area contributed by atoms with Gasteiger partial charge in [0.1, 0.15) is 0 Å². The SMILES string of the molecule is NC(=NO)C(NC(=O)N1CCCC1)C1CCCCC1. The zero-order valence-corrected chi connectivity index (χ0v) is 11.3. The van der Waals surface area contributed by atoms with E-state index in [2.05, 4.69) is 10.5 Å². The number of hydrogen-bond donors (Lipinski definition) is 3. The molecule has 0 aromatic rings. The number of likely N-dealkylation sites (tertiary alicyclic amines) is 1. The maximum absolute atomic E-state index is 12.1. The lowest BCUT2D eigenvalue weighted by Crippen LogP contribution is -2.53. The van der Waals surface area contributed by atoms with Crippen molar-refractivity contribution >= 4 is 11.9 Å². The van der Waals surface area contributed by atoms with Crippen LogP contribution in [0.5, 0.6) is 0 Å². The van der Waals surface area contributed by atoms with Gasteiger partial charge in [-0.2, -0.15) is 0 Å². The zero-order valence-electron chi connectivity index (χ0n) is 11.3. The fourth-order valence-corrected chi connectivity index (χ4v) is 3.11. The van der Waals surface area contributed by atoms with Crippen molar-refractivity contribution < 1.29 is 10.0 Å². The van der Waals surface area contributed by atoms with Gasteiger partial charge in [-0.3, -0.25) is 0 Å². The van der Waals surface area contributed by atoms with Gasteiger partial charge in [0.05, 0.1) is 6.04 Å². The summed E-state index contributed by atoms with van der Waals surface area (Å²) in [5.74, 6) is 0.413. The van der Waals surface area contributed by atoms with Crippen LogP contribution in [0.2, 0.25) is 0 Å². The Kier molecular flexibility index (Phi) is 4.87. The van der Waals surface area contributed by atoms with Crippen LogP contribution < -0.4 is 11.1 Å². The van der Waals surface area contributed by atoms with Crippen molar-refractivity contribution in [1.82, 2.24) is 10.2 Å². The third-order valence-corrected chi connectivity index (χ3v) is 4.23. The summed E-state index contributed by atoms with van der Waals surface area (Å²) < 4.78 is 0. The predicted molar refractivity (Wildman–Crippen MR) is 73.1 cm³/mol. The van der Waals surface area contributed by atoms with Crippen molar-refractivity contribution in [1.29, 1.82) is 0 Å². The minimum Gasteiger partial charge on any atom is -0.409 e. The quantitative estimate of drug-likeness (QED) is 0.313. The molecule has 1 atom stereocenters. The Morgan fingerprint density at radius 2 is 1.84 bits per heavy atom. The molecule has 4 N–H and O–H groups in total. The number of amidine groups is 1. The van der Waals surface area contributed by atoms with Gasteiger partial charge in [0, 0.05) is 13.1 Å². The normalized spacial score (nSPS) is 23.4. The standard InChI is InChI=1S/C13H24N4O2/c14-12(16-19)11(10-6-2-1-3-7-10)15-13(18)17-8-4-5-9-17/h10-11,19H,1-9H2,(H2,14,16)(H,15,18). The number of amides is 2.